The van der Waals surface area contributed by atoms with Crippen molar-refractivity contribution in [2.75, 3.05) is 34.5 Å². The van der Waals surface area contributed by atoms with Crippen LogP contribution in [-0.2, 0) is 11.3 Å². The lowest BCUT2D eigenvalue weighted by Crippen LogP contribution is -2.23. The Hall–Kier alpha value is -3.26. The minimum atomic E-state index is -0.0790. The Kier molecular flexibility index (Phi) is 6.56. The molecule has 0 aliphatic carbocycles. The first-order valence-corrected chi connectivity index (χ1v) is 9.19. The van der Waals surface area contributed by atoms with Crippen molar-refractivity contribution in [3.63, 3.8) is 0 Å². The van der Waals surface area contributed by atoms with Crippen molar-refractivity contribution in [3.05, 3.63) is 47.4 Å². The van der Waals surface area contributed by atoms with Crippen molar-refractivity contribution in [1.29, 1.82) is 0 Å². The van der Waals surface area contributed by atoms with Crippen molar-refractivity contribution >= 4 is 12.1 Å². The average molecular weight is 396 g/mol. The van der Waals surface area contributed by atoms with E-state index in [1.54, 1.807) is 44.6 Å². The highest BCUT2D eigenvalue weighted by atomic mass is 16.5. The highest BCUT2D eigenvalue weighted by Gasteiger charge is 2.30. The van der Waals surface area contributed by atoms with Crippen LogP contribution >= 0.6 is 0 Å². The number of allylic oxidation sites excluding steroid dienone is 2. The number of aromatic nitrogens is 2. The summed E-state index contributed by atoms with van der Waals surface area (Å²) in [6.07, 6.45) is 5.20. The van der Waals surface area contributed by atoms with Gasteiger partial charge in [-0.1, -0.05) is 6.08 Å². The molecule has 1 aliphatic rings. The second kappa shape index (κ2) is 9.29. The summed E-state index contributed by atoms with van der Waals surface area (Å²) in [5.41, 5.74) is 3.54. The SMILES string of the molecule is C/C=C(\C=N/C)N1Cc2nc(-c3cnc(OCCOC)c(OC)c3)ccc2C1=O. The molecule has 1 aliphatic heterocycles. The number of hydrogen-bond acceptors (Lipinski definition) is 7. The van der Waals surface area contributed by atoms with Crippen LogP contribution in [0.15, 0.2) is 41.2 Å². The summed E-state index contributed by atoms with van der Waals surface area (Å²) >= 11 is 0. The van der Waals surface area contributed by atoms with Gasteiger partial charge in [0.15, 0.2) is 5.75 Å². The third-order valence-corrected chi connectivity index (χ3v) is 4.49. The van der Waals surface area contributed by atoms with E-state index in [0.29, 0.717) is 42.6 Å². The Morgan fingerprint density at radius 3 is 2.83 bits per heavy atom. The monoisotopic (exact) mass is 396 g/mol. The van der Waals surface area contributed by atoms with E-state index in [2.05, 4.69) is 9.98 Å². The van der Waals surface area contributed by atoms with Gasteiger partial charge >= 0.3 is 0 Å². The maximum atomic E-state index is 12.7. The van der Waals surface area contributed by atoms with Gasteiger partial charge in [-0.2, -0.15) is 0 Å². The smallest absolute Gasteiger partial charge is 0.260 e. The summed E-state index contributed by atoms with van der Waals surface area (Å²) < 4.78 is 16.0. The van der Waals surface area contributed by atoms with Crippen molar-refractivity contribution < 1.29 is 19.0 Å². The zero-order valence-electron chi connectivity index (χ0n) is 17.0. The number of hydrogen-bond donors (Lipinski definition) is 0. The summed E-state index contributed by atoms with van der Waals surface area (Å²) in [7, 11) is 4.85. The molecule has 0 N–H and O–H groups in total. The number of rotatable bonds is 8. The van der Waals surface area contributed by atoms with Crippen LogP contribution in [0.4, 0.5) is 0 Å². The lowest BCUT2D eigenvalue weighted by molar-refractivity contribution is 0.0834. The molecule has 0 fully saturated rings. The number of carbonyl (C=O) groups is 1. The Labute approximate surface area is 169 Å². The Morgan fingerprint density at radius 2 is 2.14 bits per heavy atom. The largest absolute Gasteiger partial charge is 0.491 e. The first-order valence-electron chi connectivity index (χ1n) is 9.19. The molecule has 29 heavy (non-hydrogen) atoms. The van der Waals surface area contributed by atoms with E-state index in [9.17, 15) is 4.79 Å². The molecule has 0 unspecified atom stereocenters. The second-order valence-corrected chi connectivity index (χ2v) is 6.26. The number of nitrogens with zero attached hydrogens (tertiary/aromatic N) is 4. The number of fused-ring (bicyclic) bond motifs is 1. The molecule has 0 atom stereocenters. The predicted molar refractivity (Wildman–Crippen MR) is 109 cm³/mol. The van der Waals surface area contributed by atoms with E-state index < -0.39 is 0 Å². The molecule has 2 aromatic rings. The maximum Gasteiger partial charge on any atom is 0.260 e. The first-order chi connectivity index (χ1) is 14.1. The molecule has 8 heteroatoms. The quantitative estimate of drug-likeness (QED) is 0.504. The van der Waals surface area contributed by atoms with Gasteiger partial charge in [0.25, 0.3) is 11.8 Å². The Balaban J connectivity index is 1.87. The van der Waals surface area contributed by atoms with Crippen LogP contribution in [0.25, 0.3) is 11.3 Å². The number of carbonyl (C=O) groups excluding carboxylic acids is 1. The molecule has 8 nitrogen and oxygen atoms in total. The molecule has 152 valence electrons. The Bertz CT molecular complexity index is 956. The van der Waals surface area contributed by atoms with Gasteiger partial charge in [-0.25, -0.2) is 4.98 Å². The van der Waals surface area contributed by atoms with Crippen LogP contribution in [0.2, 0.25) is 0 Å². The van der Waals surface area contributed by atoms with Gasteiger partial charge < -0.3 is 19.1 Å². The fraction of sp³-hybridized carbons (Fsp3) is 0.333. The van der Waals surface area contributed by atoms with Gasteiger partial charge in [-0.15, -0.1) is 0 Å². The van der Waals surface area contributed by atoms with Gasteiger partial charge in [-0.05, 0) is 25.1 Å². The minimum absolute atomic E-state index is 0.0790. The summed E-state index contributed by atoms with van der Waals surface area (Å²) in [5, 5.41) is 0. The van der Waals surface area contributed by atoms with Gasteiger partial charge in [0.2, 0.25) is 0 Å². The van der Waals surface area contributed by atoms with E-state index >= 15 is 0 Å². The normalized spacial score (nSPS) is 13.9. The average Bonchev–Trinajstić information content (AvgIpc) is 3.08. The second-order valence-electron chi connectivity index (χ2n) is 6.26. The molecule has 0 saturated heterocycles. The molecule has 1 amide bonds. The number of pyridine rings is 2. The molecular weight excluding hydrogens is 372 g/mol. The molecule has 0 radical (unpaired) electrons. The van der Waals surface area contributed by atoms with Crippen LogP contribution < -0.4 is 9.47 Å². The fourth-order valence-corrected chi connectivity index (χ4v) is 3.03. The lowest BCUT2D eigenvalue weighted by atomic mass is 10.1. The summed E-state index contributed by atoms with van der Waals surface area (Å²) in [5.74, 6) is 0.825. The van der Waals surface area contributed by atoms with Gasteiger partial charge in [0, 0.05) is 32.1 Å². The number of amides is 1. The number of aliphatic imine (C=N–C) groups is 1. The van der Waals surface area contributed by atoms with Gasteiger partial charge in [0.1, 0.15) is 6.61 Å². The third kappa shape index (κ3) is 4.27. The van der Waals surface area contributed by atoms with E-state index in [-0.39, 0.29) is 5.91 Å². The van der Waals surface area contributed by atoms with Crippen LogP contribution in [0.3, 0.4) is 0 Å². The standard InChI is InChI=1S/C21H24N4O4/c1-5-15(12-22-2)25-13-18-16(21(25)26)6-7-17(24-18)14-10-19(28-4)20(23-11-14)29-9-8-27-3/h5-7,10-12H,8-9,13H2,1-4H3/b15-5+,22-12-. The highest BCUT2D eigenvalue weighted by molar-refractivity contribution is 6.02. The molecule has 0 aromatic carbocycles. The molecule has 3 rings (SSSR count). The topological polar surface area (TPSA) is 86.1 Å². The maximum absolute atomic E-state index is 12.7. The summed E-state index contributed by atoms with van der Waals surface area (Å²) in [6.45, 7) is 3.11. The molecule has 2 aromatic heterocycles. The predicted octanol–water partition coefficient (Wildman–Crippen LogP) is 2.74. The van der Waals surface area contributed by atoms with Crippen LogP contribution in [-0.4, -0.2) is 61.5 Å². The van der Waals surface area contributed by atoms with Crippen molar-refractivity contribution in [2.24, 2.45) is 4.99 Å². The molecule has 0 bridgehead atoms. The van der Waals surface area contributed by atoms with Crippen molar-refractivity contribution in [2.45, 2.75) is 13.5 Å². The van der Waals surface area contributed by atoms with Gasteiger partial charge in [-0.3, -0.25) is 14.8 Å². The first kappa shape index (κ1) is 20.5. The van der Waals surface area contributed by atoms with E-state index in [1.165, 1.54) is 0 Å². The molecule has 0 spiro atoms. The van der Waals surface area contributed by atoms with Crippen LogP contribution in [0, 0.1) is 0 Å². The highest BCUT2D eigenvalue weighted by Crippen LogP contribution is 2.31. The number of methoxy groups -OCH3 is 2. The van der Waals surface area contributed by atoms with E-state index in [0.717, 1.165) is 17.0 Å². The molecule has 0 saturated carbocycles. The zero-order valence-corrected chi connectivity index (χ0v) is 17.0. The van der Waals surface area contributed by atoms with Crippen LogP contribution in [0.1, 0.15) is 23.0 Å². The molecular formula is C21H24N4O4. The lowest BCUT2D eigenvalue weighted by Gasteiger charge is -2.15. The van der Waals surface area contributed by atoms with Crippen molar-refractivity contribution in [1.82, 2.24) is 14.9 Å². The minimum Gasteiger partial charge on any atom is -0.491 e. The van der Waals surface area contributed by atoms with Crippen molar-refractivity contribution in [3.8, 4) is 22.9 Å². The summed E-state index contributed by atoms with van der Waals surface area (Å²) in [6, 6.07) is 5.43. The van der Waals surface area contributed by atoms with E-state index in [1.807, 2.05) is 25.1 Å². The van der Waals surface area contributed by atoms with Crippen LogP contribution in [0.5, 0.6) is 11.6 Å². The third-order valence-electron chi connectivity index (χ3n) is 4.49. The number of ether oxygens (including phenoxy) is 3. The molecule has 3 heterocycles. The van der Waals surface area contributed by atoms with E-state index in [4.69, 9.17) is 19.2 Å². The summed E-state index contributed by atoms with van der Waals surface area (Å²) in [4.78, 5) is 27.4. The zero-order chi connectivity index (χ0) is 20.8. The Morgan fingerprint density at radius 1 is 1.31 bits per heavy atom. The fourth-order valence-electron chi connectivity index (χ4n) is 3.03. The van der Waals surface area contributed by atoms with Gasteiger partial charge in [0.05, 0.1) is 42.9 Å².